The van der Waals surface area contributed by atoms with Crippen molar-refractivity contribution in [1.29, 1.82) is 0 Å². The van der Waals surface area contributed by atoms with Crippen LogP contribution >= 0.6 is 0 Å². The van der Waals surface area contributed by atoms with Crippen molar-refractivity contribution in [1.82, 2.24) is 10.4 Å². The van der Waals surface area contributed by atoms with Gasteiger partial charge in [-0.1, -0.05) is 12.5 Å². The molecule has 14 heavy (non-hydrogen) atoms. The Kier molecular flexibility index (Phi) is 2.21. The predicted octanol–water partition coefficient (Wildman–Crippen LogP) is 0.493. The summed E-state index contributed by atoms with van der Waals surface area (Å²) in [6, 6.07) is 5.62. The van der Waals surface area contributed by atoms with Gasteiger partial charge in [-0.05, 0) is 25.0 Å². The fourth-order valence-corrected chi connectivity index (χ4v) is 1.91. The van der Waals surface area contributed by atoms with Gasteiger partial charge in [0.05, 0.1) is 11.1 Å². The summed E-state index contributed by atoms with van der Waals surface area (Å²) in [5.41, 5.74) is 2.59. The largest absolute Gasteiger partial charge is 0.293 e. The smallest absolute Gasteiger partial charge is 0.246 e. The van der Waals surface area contributed by atoms with E-state index in [4.69, 9.17) is 5.84 Å². The molecule has 0 spiro atoms. The third-order valence-corrected chi connectivity index (χ3v) is 2.93. The van der Waals surface area contributed by atoms with Crippen LogP contribution in [0.5, 0.6) is 0 Å². The number of hydrogen-bond acceptors (Lipinski definition) is 3. The highest BCUT2D eigenvalue weighted by atomic mass is 16.2. The van der Waals surface area contributed by atoms with Crippen LogP contribution < -0.4 is 11.3 Å². The van der Waals surface area contributed by atoms with Crippen LogP contribution in [0.4, 0.5) is 0 Å². The summed E-state index contributed by atoms with van der Waals surface area (Å²) >= 11 is 0. The number of rotatable bonds is 2. The highest BCUT2D eigenvalue weighted by molar-refractivity contribution is 5.88. The molecular formula is C10H13N3O. The highest BCUT2D eigenvalue weighted by Crippen LogP contribution is 2.42. The highest BCUT2D eigenvalue weighted by Gasteiger charge is 2.46. The number of aromatic nitrogens is 1. The van der Waals surface area contributed by atoms with Crippen molar-refractivity contribution in [2.75, 3.05) is 0 Å². The molecule has 1 amide bonds. The van der Waals surface area contributed by atoms with Crippen LogP contribution in [0.25, 0.3) is 0 Å². The van der Waals surface area contributed by atoms with Crippen molar-refractivity contribution < 1.29 is 4.79 Å². The minimum Gasteiger partial charge on any atom is -0.293 e. The van der Waals surface area contributed by atoms with Crippen LogP contribution in [0.3, 0.4) is 0 Å². The molecule has 0 atom stereocenters. The van der Waals surface area contributed by atoms with Gasteiger partial charge in [-0.2, -0.15) is 0 Å². The molecule has 1 saturated carbocycles. The molecular weight excluding hydrogens is 178 g/mol. The third kappa shape index (κ3) is 1.19. The van der Waals surface area contributed by atoms with E-state index in [9.17, 15) is 4.79 Å². The van der Waals surface area contributed by atoms with Crippen molar-refractivity contribution in [3.8, 4) is 0 Å². The molecule has 0 saturated heterocycles. The molecule has 0 aromatic carbocycles. The van der Waals surface area contributed by atoms with E-state index in [0.717, 1.165) is 25.0 Å². The lowest BCUT2D eigenvalue weighted by Gasteiger charge is -2.38. The van der Waals surface area contributed by atoms with Crippen LogP contribution in [0.2, 0.25) is 0 Å². The maximum Gasteiger partial charge on any atom is 0.246 e. The second-order valence-corrected chi connectivity index (χ2v) is 3.62. The van der Waals surface area contributed by atoms with Crippen molar-refractivity contribution in [3.05, 3.63) is 30.1 Å². The average molecular weight is 191 g/mol. The first-order valence-corrected chi connectivity index (χ1v) is 4.72. The van der Waals surface area contributed by atoms with Crippen molar-refractivity contribution in [2.45, 2.75) is 24.7 Å². The number of hydrogen-bond donors (Lipinski definition) is 2. The molecule has 0 radical (unpaired) electrons. The monoisotopic (exact) mass is 191 g/mol. The molecule has 1 aliphatic rings. The maximum absolute atomic E-state index is 11.6. The standard InChI is InChI=1S/C10H13N3O/c11-13-9(14)10(5-3-6-10)8-4-1-2-7-12-8/h1-2,4,7H,3,5-6,11H2,(H,13,14). The Morgan fingerprint density at radius 1 is 1.50 bits per heavy atom. The van der Waals surface area contributed by atoms with Gasteiger partial charge in [-0.3, -0.25) is 15.2 Å². The maximum atomic E-state index is 11.6. The first-order chi connectivity index (χ1) is 6.79. The minimum absolute atomic E-state index is 0.123. The lowest BCUT2D eigenvalue weighted by Crippen LogP contribution is -2.51. The van der Waals surface area contributed by atoms with E-state index in [1.165, 1.54) is 0 Å². The normalized spacial score (nSPS) is 18.4. The molecule has 4 heteroatoms. The SMILES string of the molecule is NNC(=O)C1(c2ccccn2)CCC1. The summed E-state index contributed by atoms with van der Waals surface area (Å²) in [4.78, 5) is 15.9. The molecule has 3 N–H and O–H groups in total. The Morgan fingerprint density at radius 3 is 2.71 bits per heavy atom. The molecule has 74 valence electrons. The number of nitrogens with zero attached hydrogens (tertiary/aromatic N) is 1. The predicted molar refractivity (Wildman–Crippen MR) is 52.1 cm³/mol. The third-order valence-electron chi connectivity index (χ3n) is 2.93. The van der Waals surface area contributed by atoms with Gasteiger partial charge >= 0.3 is 0 Å². The molecule has 0 aliphatic heterocycles. The van der Waals surface area contributed by atoms with E-state index < -0.39 is 5.41 Å². The van der Waals surface area contributed by atoms with E-state index in [1.54, 1.807) is 6.20 Å². The Labute approximate surface area is 82.5 Å². The van der Waals surface area contributed by atoms with Gasteiger partial charge in [0.1, 0.15) is 0 Å². The van der Waals surface area contributed by atoms with Crippen molar-refractivity contribution in [2.24, 2.45) is 5.84 Å². The van der Waals surface area contributed by atoms with Crippen LogP contribution in [-0.4, -0.2) is 10.9 Å². The van der Waals surface area contributed by atoms with Crippen molar-refractivity contribution in [3.63, 3.8) is 0 Å². The number of pyridine rings is 1. The van der Waals surface area contributed by atoms with E-state index >= 15 is 0 Å². The number of carbonyl (C=O) groups is 1. The fourth-order valence-electron chi connectivity index (χ4n) is 1.91. The molecule has 1 fully saturated rings. The molecule has 0 unspecified atom stereocenters. The summed E-state index contributed by atoms with van der Waals surface area (Å²) in [6.07, 6.45) is 4.45. The van der Waals surface area contributed by atoms with Crippen LogP contribution in [0, 0.1) is 0 Å². The Bertz CT molecular complexity index is 332. The summed E-state index contributed by atoms with van der Waals surface area (Å²) < 4.78 is 0. The van der Waals surface area contributed by atoms with Crippen LogP contribution in [-0.2, 0) is 10.2 Å². The van der Waals surface area contributed by atoms with E-state index in [-0.39, 0.29) is 5.91 Å². The molecule has 1 aromatic heterocycles. The average Bonchev–Trinajstić information content (AvgIpc) is 2.17. The van der Waals surface area contributed by atoms with E-state index in [2.05, 4.69) is 10.4 Å². The van der Waals surface area contributed by atoms with E-state index in [1.807, 2.05) is 18.2 Å². The van der Waals surface area contributed by atoms with Gasteiger partial charge in [0.25, 0.3) is 0 Å². The molecule has 1 aromatic rings. The number of carbonyl (C=O) groups excluding carboxylic acids is 1. The number of amides is 1. The summed E-state index contributed by atoms with van der Waals surface area (Å²) in [7, 11) is 0. The zero-order valence-corrected chi connectivity index (χ0v) is 7.86. The van der Waals surface area contributed by atoms with Crippen molar-refractivity contribution >= 4 is 5.91 Å². The van der Waals surface area contributed by atoms with Gasteiger partial charge in [0.2, 0.25) is 5.91 Å². The Hall–Kier alpha value is -1.42. The number of nitrogens with one attached hydrogen (secondary N) is 1. The molecule has 0 bridgehead atoms. The van der Waals surface area contributed by atoms with Gasteiger partial charge in [-0.25, -0.2) is 5.84 Å². The zero-order chi connectivity index (χ0) is 10.0. The molecule has 4 nitrogen and oxygen atoms in total. The minimum atomic E-state index is -0.462. The molecule has 1 aliphatic carbocycles. The van der Waals surface area contributed by atoms with E-state index in [0.29, 0.717) is 0 Å². The fraction of sp³-hybridized carbons (Fsp3) is 0.400. The first-order valence-electron chi connectivity index (χ1n) is 4.72. The first kappa shape index (κ1) is 9.15. The summed E-state index contributed by atoms with van der Waals surface area (Å²) in [5, 5.41) is 0. The second kappa shape index (κ2) is 3.38. The summed E-state index contributed by atoms with van der Waals surface area (Å²) in [5.74, 6) is 5.05. The Balaban J connectivity index is 2.34. The van der Waals surface area contributed by atoms with Gasteiger partial charge in [0.15, 0.2) is 0 Å². The second-order valence-electron chi connectivity index (χ2n) is 3.62. The summed E-state index contributed by atoms with van der Waals surface area (Å²) in [6.45, 7) is 0. The van der Waals surface area contributed by atoms with Gasteiger partial charge in [0, 0.05) is 6.20 Å². The van der Waals surface area contributed by atoms with Crippen LogP contribution in [0.1, 0.15) is 25.0 Å². The quantitative estimate of drug-likeness (QED) is 0.406. The molecule has 1 heterocycles. The topological polar surface area (TPSA) is 68.0 Å². The number of hydrazine groups is 1. The lowest BCUT2D eigenvalue weighted by atomic mass is 9.66. The van der Waals surface area contributed by atoms with Gasteiger partial charge < -0.3 is 0 Å². The van der Waals surface area contributed by atoms with Crippen LogP contribution in [0.15, 0.2) is 24.4 Å². The molecule has 2 rings (SSSR count). The zero-order valence-electron chi connectivity index (χ0n) is 7.86. The number of nitrogens with two attached hydrogens (primary N) is 1. The Morgan fingerprint density at radius 2 is 2.29 bits per heavy atom. The van der Waals surface area contributed by atoms with Gasteiger partial charge in [-0.15, -0.1) is 0 Å². The lowest BCUT2D eigenvalue weighted by molar-refractivity contribution is -0.130.